The van der Waals surface area contributed by atoms with Crippen LogP contribution in [-0.2, 0) is 6.42 Å². The van der Waals surface area contributed by atoms with Crippen LogP contribution in [0.5, 0.6) is 0 Å². The first-order valence-electron chi connectivity index (χ1n) is 10.3. The van der Waals surface area contributed by atoms with Gasteiger partial charge in [-0.15, -0.1) is 0 Å². The summed E-state index contributed by atoms with van der Waals surface area (Å²) in [7, 11) is 0. The molecule has 9 heteroatoms. The Labute approximate surface area is 190 Å². The highest BCUT2D eigenvalue weighted by Gasteiger charge is 2.45. The quantitative estimate of drug-likeness (QED) is 0.549. The number of nitrogens with zero attached hydrogens (tertiary/aromatic N) is 4. The molecule has 0 saturated carbocycles. The zero-order chi connectivity index (χ0) is 21.6. The summed E-state index contributed by atoms with van der Waals surface area (Å²) in [5.41, 5.74) is 21.5. The molecule has 2 aromatic heterocycles. The number of hydrogen-bond donors (Lipinski definition) is 3. The molecule has 3 aromatic rings. The maximum Gasteiger partial charge on any atom is 0.158 e. The van der Waals surface area contributed by atoms with Gasteiger partial charge in [0.2, 0.25) is 0 Å². The molecule has 3 heterocycles. The molecule has 2 aliphatic rings. The summed E-state index contributed by atoms with van der Waals surface area (Å²) >= 11 is 7.57. The molecule has 1 spiro atoms. The van der Waals surface area contributed by atoms with Crippen LogP contribution in [0, 0.1) is 5.41 Å². The minimum atomic E-state index is 0.0957. The summed E-state index contributed by atoms with van der Waals surface area (Å²) in [6.45, 7) is 1.77. The number of fused-ring (bicyclic) bond motifs is 1. The first-order chi connectivity index (χ1) is 15.0. The second-order valence-electron chi connectivity index (χ2n) is 8.23. The van der Waals surface area contributed by atoms with E-state index >= 15 is 0 Å². The SMILES string of the molecule is Nc1nc(N2CCC3(CC2)Cc2ccccc2[C@H]3N)cnc1Sc1ccnc(N)c1Cl. The van der Waals surface area contributed by atoms with Crippen molar-refractivity contribution in [3.05, 3.63) is 58.9 Å². The second kappa shape index (κ2) is 7.85. The van der Waals surface area contributed by atoms with Crippen LogP contribution in [-0.4, -0.2) is 28.0 Å². The topological polar surface area (TPSA) is 120 Å². The van der Waals surface area contributed by atoms with Crippen molar-refractivity contribution in [3.63, 3.8) is 0 Å². The molecule has 31 heavy (non-hydrogen) atoms. The number of nitrogens with two attached hydrogens (primary N) is 3. The van der Waals surface area contributed by atoms with Crippen LogP contribution in [0.25, 0.3) is 0 Å². The molecule has 1 aromatic carbocycles. The summed E-state index contributed by atoms with van der Waals surface area (Å²) in [5, 5.41) is 0.992. The Morgan fingerprint density at radius 2 is 1.84 bits per heavy atom. The van der Waals surface area contributed by atoms with E-state index in [1.165, 1.54) is 22.9 Å². The molecule has 160 valence electrons. The monoisotopic (exact) mass is 453 g/mol. The number of piperidine rings is 1. The van der Waals surface area contributed by atoms with Crippen LogP contribution in [0.2, 0.25) is 5.02 Å². The summed E-state index contributed by atoms with van der Waals surface area (Å²) in [4.78, 5) is 16.1. The molecule has 6 N–H and O–H groups in total. The molecule has 0 unspecified atom stereocenters. The van der Waals surface area contributed by atoms with Crippen molar-refractivity contribution < 1.29 is 0 Å². The van der Waals surface area contributed by atoms with Crippen LogP contribution >= 0.6 is 23.4 Å². The Kier molecular flexibility index (Phi) is 5.16. The van der Waals surface area contributed by atoms with Gasteiger partial charge in [-0.25, -0.2) is 15.0 Å². The van der Waals surface area contributed by atoms with Gasteiger partial charge in [0.15, 0.2) is 5.82 Å². The van der Waals surface area contributed by atoms with Crippen molar-refractivity contribution in [1.29, 1.82) is 0 Å². The zero-order valence-corrected chi connectivity index (χ0v) is 18.5. The zero-order valence-electron chi connectivity index (χ0n) is 17.0. The largest absolute Gasteiger partial charge is 0.382 e. The van der Waals surface area contributed by atoms with Gasteiger partial charge in [0.05, 0.1) is 11.2 Å². The van der Waals surface area contributed by atoms with Crippen LogP contribution in [0.1, 0.15) is 30.0 Å². The van der Waals surface area contributed by atoms with Crippen LogP contribution in [0.15, 0.2) is 52.6 Å². The van der Waals surface area contributed by atoms with E-state index in [1.807, 2.05) is 0 Å². The molecular formula is C22H24ClN7S. The number of hydrogen-bond acceptors (Lipinski definition) is 8. The van der Waals surface area contributed by atoms with E-state index in [-0.39, 0.29) is 17.3 Å². The summed E-state index contributed by atoms with van der Waals surface area (Å²) in [6, 6.07) is 10.4. The predicted molar refractivity (Wildman–Crippen MR) is 125 cm³/mol. The fourth-order valence-corrected chi connectivity index (χ4v) is 5.74. The van der Waals surface area contributed by atoms with E-state index in [0.717, 1.165) is 43.1 Å². The smallest absolute Gasteiger partial charge is 0.158 e. The summed E-state index contributed by atoms with van der Waals surface area (Å²) in [6.07, 6.45) is 6.48. The van der Waals surface area contributed by atoms with Gasteiger partial charge in [-0.2, -0.15) is 0 Å². The summed E-state index contributed by atoms with van der Waals surface area (Å²) < 4.78 is 0. The number of anilines is 3. The molecule has 5 rings (SSSR count). The fraction of sp³-hybridized carbons (Fsp3) is 0.318. The van der Waals surface area contributed by atoms with Crippen LogP contribution < -0.4 is 22.1 Å². The van der Waals surface area contributed by atoms with Crippen LogP contribution in [0.3, 0.4) is 0 Å². The maximum absolute atomic E-state index is 6.69. The first kappa shape index (κ1) is 20.4. The van der Waals surface area contributed by atoms with Gasteiger partial charge in [-0.3, -0.25) is 0 Å². The molecule has 1 aliphatic heterocycles. The van der Waals surface area contributed by atoms with Gasteiger partial charge in [0.1, 0.15) is 16.7 Å². The van der Waals surface area contributed by atoms with Crippen LogP contribution in [0.4, 0.5) is 17.5 Å². The number of aromatic nitrogens is 3. The third-order valence-electron chi connectivity index (χ3n) is 6.51. The van der Waals surface area contributed by atoms with Crippen molar-refractivity contribution in [1.82, 2.24) is 15.0 Å². The lowest BCUT2D eigenvalue weighted by Crippen LogP contribution is -2.44. The second-order valence-corrected chi connectivity index (χ2v) is 9.64. The average molecular weight is 454 g/mol. The number of pyridine rings is 1. The summed E-state index contributed by atoms with van der Waals surface area (Å²) in [5.74, 6) is 1.45. The lowest BCUT2D eigenvalue weighted by atomic mass is 9.73. The lowest BCUT2D eigenvalue weighted by Gasteiger charge is -2.42. The lowest BCUT2D eigenvalue weighted by molar-refractivity contribution is 0.187. The number of benzene rings is 1. The molecular weight excluding hydrogens is 430 g/mol. The Morgan fingerprint density at radius 1 is 1.06 bits per heavy atom. The third kappa shape index (κ3) is 3.58. The molecule has 1 aliphatic carbocycles. The van der Waals surface area contributed by atoms with Gasteiger partial charge < -0.3 is 22.1 Å². The highest BCUT2D eigenvalue weighted by Crippen LogP contribution is 2.51. The third-order valence-corrected chi connectivity index (χ3v) is 8.09. The van der Waals surface area contributed by atoms with E-state index in [4.69, 9.17) is 28.8 Å². The van der Waals surface area contributed by atoms with E-state index < -0.39 is 0 Å². The average Bonchev–Trinajstić information content (AvgIpc) is 3.05. The molecule has 0 radical (unpaired) electrons. The van der Waals surface area contributed by atoms with Crippen molar-refractivity contribution in [3.8, 4) is 0 Å². The van der Waals surface area contributed by atoms with Gasteiger partial charge in [-0.1, -0.05) is 47.6 Å². The molecule has 7 nitrogen and oxygen atoms in total. The Balaban J connectivity index is 1.29. The fourth-order valence-electron chi connectivity index (χ4n) is 4.72. The van der Waals surface area contributed by atoms with Gasteiger partial charge in [0.25, 0.3) is 0 Å². The minimum absolute atomic E-state index is 0.0957. The first-order valence-corrected chi connectivity index (χ1v) is 11.4. The number of rotatable bonds is 3. The molecule has 1 saturated heterocycles. The highest BCUT2D eigenvalue weighted by atomic mass is 35.5. The predicted octanol–water partition coefficient (Wildman–Crippen LogP) is 3.68. The number of halogens is 1. The number of nitrogen functional groups attached to an aromatic ring is 2. The van der Waals surface area contributed by atoms with E-state index in [0.29, 0.717) is 15.9 Å². The highest BCUT2D eigenvalue weighted by molar-refractivity contribution is 7.99. The normalized spacial score (nSPS) is 19.5. The Hall–Kier alpha value is -2.55. The molecule has 1 fully saturated rings. The Bertz CT molecular complexity index is 1130. The van der Waals surface area contributed by atoms with Crippen molar-refractivity contribution in [2.45, 2.75) is 35.2 Å². The van der Waals surface area contributed by atoms with E-state index in [9.17, 15) is 0 Å². The van der Waals surface area contributed by atoms with E-state index in [2.05, 4.69) is 44.1 Å². The molecule has 0 bridgehead atoms. The standard InChI is InChI=1S/C22H24ClN7S/c23-17-15(5-8-27-19(17)25)31-21-20(26)29-16(12-28-21)30-9-6-22(7-10-30)11-13-3-1-2-4-14(13)18(22)24/h1-5,8,12,18H,6-7,9-11,24H2,(H2,25,27)(H2,26,29)/t18-/m1/s1. The van der Waals surface area contributed by atoms with Gasteiger partial charge >= 0.3 is 0 Å². The van der Waals surface area contributed by atoms with E-state index in [1.54, 1.807) is 18.5 Å². The van der Waals surface area contributed by atoms with Gasteiger partial charge in [-0.05, 0) is 41.9 Å². The van der Waals surface area contributed by atoms with Crippen molar-refractivity contribution in [2.24, 2.45) is 11.1 Å². The van der Waals surface area contributed by atoms with Crippen molar-refractivity contribution >= 4 is 40.8 Å². The molecule has 1 atom stereocenters. The molecule has 0 amide bonds. The Morgan fingerprint density at radius 3 is 2.58 bits per heavy atom. The minimum Gasteiger partial charge on any atom is -0.382 e. The maximum atomic E-state index is 6.69. The van der Waals surface area contributed by atoms with Crippen molar-refractivity contribution in [2.75, 3.05) is 29.5 Å². The van der Waals surface area contributed by atoms with Gasteiger partial charge in [0, 0.05) is 30.2 Å².